The van der Waals surface area contributed by atoms with Crippen LogP contribution in [0.2, 0.25) is 0 Å². The lowest BCUT2D eigenvalue weighted by molar-refractivity contribution is 0.102. The van der Waals surface area contributed by atoms with Crippen molar-refractivity contribution in [3.8, 4) is 0 Å². The van der Waals surface area contributed by atoms with Crippen molar-refractivity contribution in [2.75, 3.05) is 11.1 Å². The number of thioether (sulfide) groups is 1. The van der Waals surface area contributed by atoms with Crippen molar-refractivity contribution < 1.29 is 9.18 Å². The molecule has 1 saturated carbocycles. The number of pyridine rings is 1. The molecule has 1 amide bonds. The SMILES string of the molecule is NC1=NC2(c3cc(NC(=O)c4ccc5ccccc5n4)ccc3F)CCC[C@H]2CS1. The van der Waals surface area contributed by atoms with Crippen LogP contribution in [0.15, 0.2) is 59.6 Å². The van der Waals surface area contributed by atoms with Crippen LogP contribution in [0.25, 0.3) is 10.9 Å². The molecule has 0 bridgehead atoms. The van der Waals surface area contributed by atoms with Gasteiger partial charge in [0.1, 0.15) is 11.5 Å². The standard InChI is InChI=1S/C23H21FN4OS/c24-18-9-8-16(12-17(18)23-11-3-5-15(23)13-30-22(25)28-23)26-21(29)20-10-7-14-4-1-2-6-19(14)27-20/h1-2,4,6-10,12,15H,3,5,11,13H2,(H2,25,28)(H,26,29)/t15-,23?/m0/s1. The molecule has 0 saturated heterocycles. The third-order valence-electron chi connectivity index (χ3n) is 6.05. The number of nitrogens with zero attached hydrogens (tertiary/aromatic N) is 2. The maximum absolute atomic E-state index is 14.9. The van der Waals surface area contributed by atoms with Gasteiger partial charge >= 0.3 is 0 Å². The number of nitrogens with two attached hydrogens (primary N) is 1. The monoisotopic (exact) mass is 420 g/mol. The number of amidine groups is 1. The summed E-state index contributed by atoms with van der Waals surface area (Å²) in [6, 6.07) is 15.9. The van der Waals surface area contributed by atoms with E-state index in [2.05, 4.69) is 10.3 Å². The number of carbonyl (C=O) groups is 1. The van der Waals surface area contributed by atoms with Gasteiger partial charge < -0.3 is 11.1 Å². The number of aliphatic imine (C=N–C) groups is 1. The Labute approximate surface area is 178 Å². The second kappa shape index (κ2) is 7.40. The number of para-hydroxylation sites is 1. The molecule has 5 nitrogen and oxygen atoms in total. The molecule has 3 aromatic rings. The first kappa shape index (κ1) is 19.1. The van der Waals surface area contributed by atoms with E-state index in [0.29, 0.717) is 22.1 Å². The molecule has 0 spiro atoms. The van der Waals surface area contributed by atoms with Crippen molar-refractivity contribution in [1.29, 1.82) is 0 Å². The highest BCUT2D eigenvalue weighted by Gasteiger charge is 2.48. The first-order valence-electron chi connectivity index (χ1n) is 10.0. The molecule has 1 aliphatic heterocycles. The van der Waals surface area contributed by atoms with Gasteiger partial charge in [-0.3, -0.25) is 9.79 Å². The summed E-state index contributed by atoms with van der Waals surface area (Å²) in [7, 11) is 0. The van der Waals surface area contributed by atoms with Crippen molar-refractivity contribution in [3.05, 3.63) is 71.7 Å². The summed E-state index contributed by atoms with van der Waals surface area (Å²) < 4.78 is 14.9. The van der Waals surface area contributed by atoms with E-state index in [0.717, 1.165) is 35.9 Å². The summed E-state index contributed by atoms with van der Waals surface area (Å²) >= 11 is 1.53. The molecule has 1 fully saturated rings. The van der Waals surface area contributed by atoms with Crippen molar-refractivity contribution in [2.45, 2.75) is 24.8 Å². The number of aromatic nitrogens is 1. The molecule has 0 radical (unpaired) electrons. The van der Waals surface area contributed by atoms with Crippen LogP contribution in [0.1, 0.15) is 35.3 Å². The molecule has 3 N–H and O–H groups in total. The van der Waals surface area contributed by atoms with E-state index in [4.69, 9.17) is 10.7 Å². The summed E-state index contributed by atoms with van der Waals surface area (Å²) in [6.45, 7) is 0. The molecule has 1 unspecified atom stereocenters. The van der Waals surface area contributed by atoms with Gasteiger partial charge in [0.2, 0.25) is 0 Å². The van der Waals surface area contributed by atoms with Gasteiger partial charge in [0.15, 0.2) is 5.17 Å². The highest BCUT2D eigenvalue weighted by atomic mass is 32.2. The maximum atomic E-state index is 14.9. The molecule has 5 rings (SSSR count). The zero-order chi connectivity index (χ0) is 20.7. The molecule has 1 aromatic heterocycles. The van der Waals surface area contributed by atoms with Gasteiger partial charge in [-0.2, -0.15) is 0 Å². The minimum absolute atomic E-state index is 0.248. The van der Waals surface area contributed by atoms with Gasteiger partial charge in [-0.1, -0.05) is 42.4 Å². The molecule has 2 heterocycles. The smallest absolute Gasteiger partial charge is 0.274 e. The van der Waals surface area contributed by atoms with Crippen LogP contribution in [-0.2, 0) is 5.54 Å². The molecule has 152 valence electrons. The zero-order valence-corrected chi connectivity index (χ0v) is 17.1. The van der Waals surface area contributed by atoms with Crippen LogP contribution < -0.4 is 11.1 Å². The number of rotatable bonds is 3. The minimum atomic E-state index is -0.638. The van der Waals surface area contributed by atoms with Crippen LogP contribution in [0.5, 0.6) is 0 Å². The zero-order valence-electron chi connectivity index (χ0n) is 16.3. The van der Waals surface area contributed by atoms with E-state index >= 15 is 0 Å². The van der Waals surface area contributed by atoms with E-state index in [1.165, 1.54) is 17.8 Å². The van der Waals surface area contributed by atoms with E-state index in [-0.39, 0.29) is 17.6 Å². The van der Waals surface area contributed by atoms with Crippen molar-refractivity contribution in [2.24, 2.45) is 16.6 Å². The second-order valence-corrected chi connectivity index (χ2v) is 8.85. The van der Waals surface area contributed by atoms with Gasteiger partial charge in [-0.05, 0) is 49.1 Å². The van der Waals surface area contributed by atoms with Crippen LogP contribution in [0.4, 0.5) is 10.1 Å². The Bertz CT molecular complexity index is 1180. The molecule has 2 atom stereocenters. The highest BCUT2D eigenvalue weighted by Crippen LogP contribution is 2.51. The van der Waals surface area contributed by atoms with Crippen molar-refractivity contribution in [3.63, 3.8) is 0 Å². The normalized spacial score (nSPS) is 23.1. The minimum Gasteiger partial charge on any atom is -0.379 e. The Morgan fingerprint density at radius 2 is 2.07 bits per heavy atom. The van der Waals surface area contributed by atoms with Crippen LogP contribution >= 0.6 is 11.8 Å². The van der Waals surface area contributed by atoms with E-state index in [9.17, 15) is 9.18 Å². The Kier molecular flexibility index (Phi) is 4.70. The lowest BCUT2D eigenvalue weighted by Gasteiger charge is -2.36. The number of halogens is 1. The van der Waals surface area contributed by atoms with Gasteiger partial charge in [0.25, 0.3) is 5.91 Å². The number of benzene rings is 2. The van der Waals surface area contributed by atoms with Crippen molar-refractivity contribution >= 4 is 39.4 Å². The average molecular weight is 421 g/mol. The number of nitrogens with one attached hydrogen (secondary N) is 1. The predicted octanol–water partition coefficient (Wildman–Crippen LogP) is 4.68. The molecule has 2 aromatic carbocycles. The number of hydrogen-bond donors (Lipinski definition) is 2. The predicted molar refractivity (Wildman–Crippen MR) is 119 cm³/mol. The summed E-state index contributed by atoms with van der Waals surface area (Å²) in [6.07, 6.45) is 2.75. The lowest BCUT2D eigenvalue weighted by Crippen LogP contribution is -2.37. The summed E-state index contributed by atoms with van der Waals surface area (Å²) in [5.41, 5.74) is 7.48. The van der Waals surface area contributed by atoms with Crippen LogP contribution in [-0.4, -0.2) is 21.8 Å². The fraction of sp³-hybridized carbons (Fsp3) is 0.261. The molecule has 7 heteroatoms. The van der Waals surface area contributed by atoms with Crippen LogP contribution in [0, 0.1) is 11.7 Å². The maximum Gasteiger partial charge on any atom is 0.274 e. The molecular formula is C23H21FN4OS. The summed E-state index contributed by atoms with van der Waals surface area (Å²) in [5, 5.41) is 4.33. The van der Waals surface area contributed by atoms with Gasteiger partial charge in [0.05, 0.1) is 11.1 Å². The van der Waals surface area contributed by atoms with Crippen LogP contribution in [0.3, 0.4) is 0 Å². The van der Waals surface area contributed by atoms with E-state index < -0.39 is 5.54 Å². The van der Waals surface area contributed by atoms with Gasteiger partial charge in [-0.25, -0.2) is 9.37 Å². The molecule has 30 heavy (non-hydrogen) atoms. The summed E-state index contributed by atoms with van der Waals surface area (Å²) in [4.78, 5) is 21.9. The third-order valence-corrected chi connectivity index (χ3v) is 7.01. The fourth-order valence-corrected chi connectivity index (χ4v) is 5.62. The Hall–Kier alpha value is -2.93. The number of anilines is 1. The Morgan fingerprint density at radius 1 is 1.20 bits per heavy atom. The topological polar surface area (TPSA) is 80.4 Å². The molecule has 1 aliphatic carbocycles. The van der Waals surface area contributed by atoms with Crippen molar-refractivity contribution in [1.82, 2.24) is 4.98 Å². The Morgan fingerprint density at radius 3 is 2.97 bits per heavy atom. The Balaban J connectivity index is 1.47. The second-order valence-electron chi connectivity index (χ2n) is 7.81. The average Bonchev–Trinajstić information content (AvgIpc) is 3.18. The first-order valence-corrected chi connectivity index (χ1v) is 11.0. The van der Waals surface area contributed by atoms with E-state index in [1.807, 2.05) is 30.3 Å². The lowest BCUT2D eigenvalue weighted by atomic mass is 9.81. The number of carbonyl (C=O) groups excluding carboxylic acids is 1. The summed E-state index contributed by atoms with van der Waals surface area (Å²) in [5.74, 6) is 0.442. The van der Waals surface area contributed by atoms with Gasteiger partial charge in [-0.15, -0.1) is 0 Å². The number of amides is 1. The molecular weight excluding hydrogens is 399 g/mol. The number of fused-ring (bicyclic) bond motifs is 2. The van der Waals surface area contributed by atoms with E-state index in [1.54, 1.807) is 18.2 Å². The number of hydrogen-bond acceptors (Lipinski definition) is 5. The largest absolute Gasteiger partial charge is 0.379 e. The van der Waals surface area contributed by atoms with Gasteiger partial charge in [0, 0.05) is 22.4 Å². The first-order chi connectivity index (χ1) is 14.5. The quantitative estimate of drug-likeness (QED) is 0.645. The molecule has 2 aliphatic rings. The highest BCUT2D eigenvalue weighted by molar-refractivity contribution is 8.13. The third kappa shape index (κ3) is 3.23. The fourth-order valence-electron chi connectivity index (χ4n) is 4.58.